The summed E-state index contributed by atoms with van der Waals surface area (Å²) in [5.41, 5.74) is 12.5. The molecule has 4 nitrogen and oxygen atoms in total. The number of benzene rings is 10. The number of nitrogens with zero attached hydrogens (tertiary/aromatic N) is 4. The molecule has 0 atom stereocenters. The smallest absolute Gasteiger partial charge is 0.0482 e. The van der Waals surface area contributed by atoms with Crippen molar-refractivity contribution in [3.63, 3.8) is 0 Å². The summed E-state index contributed by atoms with van der Waals surface area (Å²) >= 11 is 0. The zero-order chi connectivity index (χ0) is 45.5. The van der Waals surface area contributed by atoms with Gasteiger partial charge in [0.25, 0.3) is 0 Å². The molecule has 0 aliphatic carbocycles. The Morgan fingerprint density at radius 3 is 0.588 bits per heavy atom. The van der Waals surface area contributed by atoms with Crippen LogP contribution in [0.3, 0.4) is 0 Å². The number of aromatic nitrogens is 4. The fraction of sp³-hybridized carbons (Fsp3) is 0. The molecule has 0 saturated carbocycles. The monoisotopic (exact) mass is 868 g/mol. The van der Waals surface area contributed by atoms with E-state index in [1.54, 1.807) is 0 Å². The van der Waals surface area contributed by atoms with Crippen LogP contribution in [-0.4, -0.2) is 18.3 Å². The quantitative estimate of drug-likeness (QED) is 0.168. The Morgan fingerprint density at radius 2 is 0.382 bits per heavy atom. The molecule has 7 heterocycles. The molecule has 0 aliphatic rings. The van der Waals surface area contributed by atoms with E-state index in [1.807, 2.05) is 0 Å². The summed E-state index contributed by atoms with van der Waals surface area (Å²) in [6.45, 7) is 0. The Labute approximate surface area is 396 Å². The minimum absolute atomic E-state index is 0.933. The van der Waals surface area contributed by atoms with Gasteiger partial charge < -0.3 is 18.3 Å². The van der Waals surface area contributed by atoms with Crippen LogP contribution < -0.4 is 0 Å². The first kappa shape index (κ1) is 41.2. The van der Waals surface area contributed by atoms with Crippen LogP contribution in [0, 0.1) is 24.3 Å². The van der Waals surface area contributed by atoms with Gasteiger partial charge in [-0.15, -0.1) is 0 Å². The van der Waals surface area contributed by atoms with Crippen LogP contribution >= 0.6 is 0 Å². The van der Waals surface area contributed by atoms with Gasteiger partial charge in [-0.05, 0) is 182 Å². The number of para-hydroxylation sites is 4. The Hall–Kier alpha value is -9.48. The van der Waals surface area contributed by atoms with Crippen molar-refractivity contribution >= 4 is 65.7 Å². The lowest BCUT2D eigenvalue weighted by molar-refractivity contribution is 1.14. The Bertz CT molecular complexity index is 3310. The summed E-state index contributed by atoms with van der Waals surface area (Å²) in [5, 5.41) is 3.73. The van der Waals surface area contributed by atoms with E-state index < -0.39 is 0 Å². The molecular formula is C64H44N4. The summed E-state index contributed by atoms with van der Waals surface area (Å²) in [6, 6.07) is 107. The molecule has 0 amide bonds. The third-order valence-electron chi connectivity index (χ3n) is 12.0. The van der Waals surface area contributed by atoms with Gasteiger partial charge in [0.1, 0.15) is 0 Å². The van der Waals surface area contributed by atoms with Gasteiger partial charge in [0.15, 0.2) is 0 Å². The number of hydrogen-bond acceptors (Lipinski definition) is 0. The lowest BCUT2D eigenvalue weighted by Gasteiger charge is -2.14. The van der Waals surface area contributed by atoms with Crippen LogP contribution in [0.15, 0.2) is 267 Å². The van der Waals surface area contributed by atoms with Gasteiger partial charge in [-0.25, -0.2) is 0 Å². The minimum Gasteiger partial charge on any atom is -0.310 e. The summed E-state index contributed by atoms with van der Waals surface area (Å²) in [4.78, 5) is 0. The zero-order valence-corrected chi connectivity index (χ0v) is 37.2. The molecule has 320 valence electrons. The van der Waals surface area contributed by atoms with Crippen molar-refractivity contribution < 1.29 is 0 Å². The average Bonchev–Trinajstić information content (AvgIpc) is 3.41. The third-order valence-corrected chi connectivity index (χ3v) is 12.0. The SMILES string of the molecule is c1c2ccc(cc2)n(-c2ccccc2)c2cccc(c2)n(-c2ccccc2)c2ccc(c#cc3ccc(cc3)n(-c3ccccc3)c3cccc(c3)n(-c3ccccc3)c3ccc(c#1)cc3)cc2. The molecule has 12 bridgehead atoms. The van der Waals surface area contributed by atoms with Crippen LogP contribution in [0.2, 0.25) is 0 Å². The molecule has 4 heteroatoms. The second-order valence-corrected chi connectivity index (χ2v) is 16.4. The summed E-state index contributed by atoms with van der Waals surface area (Å²) < 4.78 is 9.17. The molecule has 10 aromatic carbocycles. The standard InChI is InChI=1S/C64H44N4/c1-5-15-53(16-6-1)65-57-39-31-49(32-40-57)27-28-50-35-43-59(44-36-50)67(55-19-9-3-10-20-55)63-25-14-26-64(48-63)68(56-21-11-4-12-22-56)60-45-37-52(38-46-60)30-29-51-33-41-58(42-34-51)66(54-17-7-2-8-18-54)62-24-13-23-61(65)47-62/h1-26,31-48H. The van der Waals surface area contributed by atoms with Crippen LogP contribution in [-0.2, 0) is 0 Å². The van der Waals surface area contributed by atoms with Crippen molar-refractivity contribution in [3.8, 4) is 22.7 Å². The largest absolute Gasteiger partial charge is 0.310 e. The second kappa shape index (κ2) is 18.9. The van der Waals surface area contributed by atoms with E-state index in [2.05, 4.69) is 309 Å². The highest BCUT2D eigenvalue weighted by Gasteiger charge is 2.06. The predicted octanol–water partition coefficient (Wildman–Crippen LogP) is 16.0. The maximum atomic E-state index is 3.44. The van der Waals surface area contributed by atoms with E-state index in [0.717, 1.165) is 88.4 Å². The van der Waals surface area contributed by atoms with Gasteiger partial charge in [-0.3, -0.25) is 0 Å². The van der Waals surface area contributed by atoms with E-state index in [0.29, 0.717) is 0 Å². The normalized spacial score (nSPS) is 10.7. The first-order valence-corrected chi connectivity index (χ1v) is 22.8. The van der Waals surface area contributed by atoms with E-state index in [-0.39, 0.29) is 0 Å². The number of hydrogen-bond donors (Lipinski definition) is 0. The van der Waals surface area contributed by atoms with Crippen molar-refractivity contribution in [2.45, 2.75) is 0 Å². The maximum absolute atomic E-state index is 3.44. The molecule has 0 radical (unpaired) electrons. The Morgan fingerprint density at radius 1 is 0.176 bits per heavy atom. The molecule has 0 fully saturated rings. The van der Waals surface area contributed by atoms with Gasteiger partial charge >= 0.3 is 0 Å². The molecule has 7 aromatic heterocycles. The van der Waals surface area contributed by atoms with Gasteiger partial charge in [-0.2, -0.15) is 0 Å². The van der Waals surface area contributed by atoms with E-state index in [4.69, 9.17) is 0 Å². The molecule has 0 spiro atoms. The van der Waals surface area contributed by atoms with Crippen LogP contribution in [0.1, 0.15) is 0 Å². The minimum atomic E-state index is 0.933. The molecule has 17 rings (SSSR count). The maximum Gasteiger partial charge on any atom is 0.0482 e. The first-order valence-electron chi connectivity index (χ1n) is 22.8. The van der Waals surface area contributed by atoms with Crippen LogP contribution in [0.4, 0.5) is 0 Å². The van der Waals surface area contributed by atoms with Gasteiger partial charge in [0, 0.05) is 88.4 Å². The molecular weight excluding hydrogens is 825 g/mol. The van der Waals surface area contributed by atoms with Gasteiger partial charge in [0.05, 0.1) is 0 Å². The molecule has 17 aromatic rings. The second-order valence-electron chi connectivity index (χ2n) is 16.4. The molecule has 0 unspecified atom stereocenters. The summed E-state index contributed by atoms with van der Waals surface area (Å²) in [5.74, 6) is 0. The molecule has 0 N–H and O–H groups in total. The van der Waals surface area contributed by atoms with Crippen molar-refractivity contribution in [1.29, 1.82) is 0 Å². The average molecular weight is 869 g/mol. The van der Waals surface area contributed by atoms with Crippen molar-refractivity contribution in [2.24, 2.45) is 0 Å². The van der Waals surface area contributed by atoms with E-state index >= 15 is 0 Å². The summed E-state index contributed by atoms with van der Waals surface area (Å²) in [6.07, 6.45) is 0. The highest BCUT2D eigenvalue weighted by molar-refractivity contribution is 5.76. The van der Waals surface area contributed by atoms with Crippen molar-refractivity contribution in [3.05, 3.63) is 291 Å². The van der Waals surface area contributed by atoms with Crippen LogP contribution in [0.5, 0.6) is 0 Å². The zero-order valence-electron chi connectivity index (χ0n) is 37.2. The molecule has 0 aliphatic heterocycles. The first-order chi connectivity index (χ1) is 33.7. The predicted molar refractivity (Wildman–Crippen MR) is 283 cm³/mol. The topological polar surface area (TPSA) is 19.7 Å². The van der Waals surface area contributed by atoms with E-state index in [1.165, 1.54) is 0 Å². The lowest BCUT2D eigenvalue weighted by atomic mass is 10.2. The Kier molecular flexibility index (Phi) is 11.5. The van der Waals surface area contributed by atoms with Gasteiger partial charge in [0.2, 0.25) is 0 Å². The lowest BCUT2D eigenvalue weighted by Crippen LogP contribution is -1.99. The van der Waals surface area contributed by atoms with Crippen LogP contribution in [0.25, 0.3) is 88.4 Å². The van der Waals surface area contributed by atoms with Crippen molar-refractivity contribution in [1.82, 2.24) is 18.3 Å². The fourth-order valence-corrected chi connectivity index (χ4v) is 8.70. The molecule has 0 saturated heterocycles. The summed E-state index contributed by atoms with van der Waals surface area (Å²) in [7, 11) is 0. The highest BCUT2D eigenvalue weighted by Crippen LogP contribution is 2.24. The highest BCUT2D eigenvalue weighted by atomic mass is 15.0. The van der Waals surface area contributed by atoms with Crippen molar-refractivity contribution in [2.75, 3.05) is 0 Å². The number of rotatable bonds is 4. The third kappa shape index (κ3) is 8.82. The Balaban J connectivity index is 1.19. The van der Waals surface area contributed by atoms with E-state index in [9.17, 15) is 0 Å². The van der Waals surface area contributed by atoms with Gasteiger partial charge in [-0.1, -0.05) is 109 Å². The molecule has 68 heavy (non-hydrogen) atoms. The fourth-order valence-electron chi connectivity index (χ4n) is 8.70.